The van der Waals surface area contributed by atoms with Crippen LogP contribution in [0.1, 0.15) is 56.3 Å². The van der Waals surface area contributed by atoms with Crippen LogP contribution in [0.5, 0.6) is 5.75 Å². The lowest BCUT2D eigenvalue weighted by molar-refractivity contribution is -0.124. The molecule has 2 aliphatic rings. The van der Waals surface area contributed by atoms with Gasteiger partial charge in [-0.1, -0.05) is 13.3 Å². The molecule has 4 nitrogen and oxygen atoms in total. The van der Waals surface area contributed by atoms with E-state index in [1.165, 1.54) is 25.7 Å². The van der Waals surface area contributed by atoms with Gasteiger partial charge in [0.2, 0.25) is 0 Å². The molecule has 2 saturated carbocycles. The van der Waals surface area contributed by atoms with Crippen LogP contribution in [0.25, 0.3) is 0 Å². The molecule has 24 heavy (non-hydrogen) atoms. The Balaban J connectivity index is 1.44. The number of amides is 1. The highest BCUT2D eigenvalue weighted by molar-refractivity contribution is 5.95. The Kier molecular flexibility index (Phi) is 5.22. The van der Waals surface area contributed by atoms with Gasteiger partial charge >= 0.3 is 0 Å². The number of Topliss-reactive ketones (excluding diaryl/α,β-unsaturated/α-hetero) is 1. The van der Waals surface area contributed by atoms with Crippen molar-refractivity contribution < 1.29 is 14.3 Å². The third-order valence-electron chi connectivity index (χ3n) is 5.69. The molecule has 4 heteroatoms. The molecule has 0 heterocycles. The summed E-state index contributed by atoms with van der Waals surface area (Å²) in [6.45, 7) is 3.98. The van der Waals surface area contributed by atoms with Crippen LogP contribution in [0.15, 0.2) is 24.3 Å². The zero-order chi connectivity index (χ0) is 17.1. The quantitative estimate of drug-likeness (QED) is 0.778. The molecule has 1 N–H and O–H groups in total. The van der Waals surface area contributed by atoms with Crippen LogP contribution >= 0.6 is 0 Å². The first-order valence-electron chi connectivity index (χ1n) is 9.12. The average Bonchev–Trinajstić information content (AvgIpc) is 3.23. The van der Waals surface area contributed by atoms with Crippen molar-refractivity contribution in [2.75, 3.05) is 6.61 Å². The van der Waals surface area contributed by atoms with E-state index in [-0.39, 0.29) is 24.3 Å². The molecular formula is C20H27NO3. The Morgan fingerprint density at radius 3 is 2.54 bits per heavy atom. The maximum absolute atomic E-state index is 12.1. The number of nitrogens with one attached hydrogen (secondary N) is 1. The van der Waals surface area contributed by atoms with E-state index < -0.39 is 0 Å². The summed E-state index contributed by atoms with van der Waals surface area (Å²) in [6.07, 6.45) is 5.81. The zero-order valence-electron chi connectivity index (χ0n) is 14.6. The number of ketones is 1. The van der Waals surface area contributed by atoms with Crippen LogP contribution in [0.3, 0.4) is 0 Å². The molecule has 4 atom stereocenters. The summed E-state index contributed by atoms with van der Waals surface area (Å²) < 4.78 is 5.54. The van der Waals surface area contributed by atoms with Gasteiger partial charge in [-0.15, -0.1) is 0 Å². The predicted molar refractivity (Wildman–Crippen MR) is 93.1 cm³/mol. The van der Waals surface area contributed by atoms with Crippen LogP contribution in [-0.4, -0.2) is 24.3 Å². The fraction of sp³-hybridized carbons (Fsp3) is 0.600. The summed E-state index contributed by atoms with van der Waals surface area (Å²) in [5.74, 6) is 2.98. The Bertz CT molecular complexity index is 595. The number of benzene rings is 1. The van der Waals surface area contributed by atoms with E-state index in [0.717, 1.165) is 11.8 Å². The fourth-order valence-electron chi connectivity index (χ4n) is 4.40. The molecule has 0 aromatic heterocycles. The van der Waals surface area contributed by atoms with E-state index in [0.29, 0.717) is 23.7 Å². The summed E-state index contributed by atoms with van der Waals surface area (Å²) in [4.78, 5) is 23.7. The molecule has 130 valence electrons. The van der Waals surface area contributed by atoms with Gasteiger partial charge in [0.15, 0.2) is 12.4 Å². The van der Waals surface area contributed by atoms with Crippen molar-refractivity contribution in [2.24, 2.45) is 17.8 Å². The van der Waals surface area contributed by atoms with Gasteiger partial charge in [0.1, 0.15) is 5.75 Å². The molecule has 1 amide bonds. The Labute approximate surface area is 144 Å². The SMILES string of the molecule is CCC(=O)c1ccc(OCC(=O)NC(C)C2CC3CCC2C3)cc1. The van der Waals surface area contributed by atoms with Gasteiger partial charge < -0.3 is 10.1 Å². The number of hydrogen-bond donors (Lipinski definition) is 1. The second-order valence-corrected chi connectivity index (χ2v) is 7.28. The molecule has 2 aliphatic carbocycles. The minimum Gasteiger partial charge on any atom is -0.484 e. The molecule has 0 aliphatic heterocycles. The van der Waals surface area contributed by atoms with Crippen LogP contribution in [0.4, 0.5) is 0 Å². The average molecular weight is 329 g/mol. The summed E-state index contributed by atoms with van der Waals surface area (Å²) in [7, 11) is 0. The number of carbonyl (C=O) groups excluding carboxylic acids is 2. The molecule has 2 bridgehead atoms. The highest BCUT2D eigenvalue weighted by Gasteiger charge is 2.42. The van der Waals surface area contributed by atoms with Crippen LogP contribution in [0.2, 0.25) is 0 Å². The lowest BCUT2D eigenvalue weighted by Gasteiger charge is -2.28. The van der Waals surface area contributed by atoms with E-state index in [1.807, 2.05) is 6.92 Å². The molecule has 0 radical (unpaired) electrons. The number of ether oxygens (including phenoxy) is 1. The third kappa shape index (κ3) is 3.80. The van der Waals surface area contributed by atoms with Crippen molar-refractivity contribution in [2.45, 2.75) is 52.0 Å². The molecule has 1 aromatic rings. The van der Waals surface area contributed by atoms with Gasteiger partial charge in [-0.2, -0.15) is 0 Å². The molecule has 1 aromatic carbocycles. The monoisotopic (exact) mass is 329 g/mol. The Morgan fingerprint density at radius 2 is 1.96 bits per heavy atom. The summed E-state index contributed by atoms with van der Waals surface area (Å²) in [5.41, 5.74) is 0.680. The van der Waals surface area contributed by atoms with E-state index in [4.69, 9.17) is 4.74 Å². The van der Waals surface area contributed by atoms with E-state index >= 15 is 0 Å². The second-order valence-electron chi connectivity index (χ2n) is 7.28. The Hall–Kier alpha value is -1.84. The summed E-state index contributed by atoms with van der Waals surface area (Å²) >= 11 is 0. The van der Waals surface area contributed by atoms with Gasteiger partial charge in [-0.25, -0.2) is 0 Å². The highest BCUT2D eigenvalue weighted by Crippen LogP contribution is 2.49. The first-order valence-corrected chi connectivity index (χ1v) is 9.12. The van der Waals surface area contributed by atoms with Crippen molar-refractivity contribution in [3.8, 4) is 5.75 Å². The zero-order valence-corrected chi connectivity index (χ0v) is 14.6. The molecule has 2 fully saturated rings. The first-order chi connectivity index (χ1) is 11.6. The summed E-state index contributed by atoms with van der Waals surface area (Å²) in [6, 6.07) is 7.21. The van der Waals surface area contributed by atoms with Crippen LogP contribution in [-0.2, 0) is 4.79 Å². The first kappa shape index (κ1) is 17.0. The van der Waals surface area contributed by atoms with Crippen molar-refractivity contribution in [3.05, 3.63) is 29.8 Å². The van der Waals surface area contributed by atoms with Crippen molar-refractivity contribution in [1.29, 1.82) is 0 Å². The van der Waals surface area contributed by atoms with Crippen LogP contribution in [0, 0.1) is 17.8 Å². The van der Waals surface area contributed by atoms with Gasteiger partial charge in [0.05, 0.1) is 0 Å². The van der Waals surface area contributed by atoms with Crippen molar-refractivity contribution in [1.82, 2.24) is 5.32 Å². The van der Waals surface area contributed by atoms with Gasteiger partial charge in [-0.3, -0.25) is 9.59 Å². The maximum Gasteiger partial charge on any atom is 0.258 e. The molecule has 4 unspecified atom stereocenters. The van der Waals surface area contributed by atoms with E-state index in [1.54, 1.807) is 24.3 Å². The van der Waals surface area contributed by atoms with Crippen molar-refractivity contribution in [3.63, 3.8) is 0 Å². The standard InChI is InChI=1S/C20H27NO3/c1-3-19(22)15-6-8-17(9-7-15)24-12-20(23)21-13(2)18-11-14-4-5-16(18)10-14/h6-9,13-14,16,18H,3-5,10-12H2,1-2H3,(H,21,23). The predicted octanol–water partition coefficient (Wildman–Crippen LogP) is 3.60. The minimum atomic E-state index is -0.0704. The molecule has 3 rings (SSSR count). The largest absolute Gasteiger partial charge is 0.484 e. The fourth-order valence-corrected chi connectivity index (χ4v) is 4.40. The smallest absolute Gasteiger partial charge is 0.258 e. The minimum absolute atomic E-state index is 0.0201. The molecule has 0 spiro atoms. The number of hydrogen-bond acceptors (Lipinski definition) is 3. The highest BCUT2D eigenvalue weighted by atomic mass is 16.5. The normalized spacial score (nSPS) is 26.2. The van der Waals surface area contributed by atoms with E-state index in [2.05, 4.69) is 12.2 Å². The van der Waals surface area contributed by atoms with Gasteiger partial charge in [0, 0.05) is 18.0 Å². The van der Waals surface area contributed by atoms with E-state index in [9.17, 15) is 9.59 Å². The third-order valence-corrected chi connectivity index (χ3v) is 5.69. The number of rotatable bonds is 7. The topological polar surface area (TPSA) is 55.4 Å². The number of fused-ring (bicyclic) bond motifs is 2. The van der Waals surface area contributed by atoms with Gasteiger partial charge in [0.25, 0.3) is 5.91 Å². The lowest BCUT2D eigenvalue weighted by Crippen LogP contribution is -2.42. The Morgan fingerprint density at radius 1 is 1.21 bits per heavy atom. The maximum atomic E-state index is 12.1. The summed E-state index contributed by atoms with van der Waals surface area (Å²) in [5, 5.41) is 3.10. The van der Waals surface area contributed by atoms with Crippen LogP contribution < -0.4 is 10.1 Å². The van der Waals surface area contributed by atoms with Gasteiger partial charge in [-0.05, 0) is 68.2 Å². The lowest BCUT2D eigenvalue weighted by atomic mass is 9.84. The second kappa shape index (κ2) is 7.37. The molecular weight excluding hydrogens is 302 g/mol. The molecule has 0 saturated heterocycles. The number of carbonyl (C=O) groups is 2. The van der Waals surface area contributed by atoms with Crippen molar-refractivity contribution >= 4 is 11.7 Å².